The van der Waals surface area contributed by atoms with Crippen LogP contribution in [0.3, 0.4) is 0 Å². The van der Waals surface area contributed by atoms with Crippen molar-refractivity contribution >= 4 is 0 Å². The highest BCUT2D eigenvalue weighted by Gasteiger charge is 2.32. The van der Waals surface area contributed by atoms with Crippen LogP contribution in [0.1, 0.15) is 50.4 Å². The predicted molar refractivity (Wildman–Crippen MR) is 62.9 cm³/mol. The summed E-state index contributed by atoms with van der Waals surface area (Å²) in [6, 6.07) is 2.99. The molecule has 0 spiro atoms. The highest BCUT2D eigenvalue weighted by Crippen LogP contribution is 2.35. The van der Waals surface area contributed by atoms with Crippen molar-refractivity contribution in [2.45, 2.75) is 50.6 Å². The van der Waals surface area contributed by atoms with Crippen LogP contribution in [0.2, 0.25) is 0 Å². The molecule has 1 saturated heterocycles. The fourth-order valence-corrected chi connectivity index (χ4v) is 3.19. The van der Waals surface area contributed by atoms with Crippen LogP contribution >= 0.6 is 0 Å². The number of rotatable bonds is 1. The van der Waals surface area contributed by atoms with Crippen molar-refractivity contribution in [1.29, 1.82) is 0 Å². The van der Waals surface area contributed by atoms with Crippen molar-refractivity contribution in [2.24, 2.45) is 5.92 Å². The van der Waals surface area contributed by atoms with E-state index in [4.69, 9.17) is 0 Å². The summed E-state index contributed by atoms with van der Waals surface area (Å²) < 4.78 is 0. The average molecular weight is 217 g/mol. The molecule has 16 heavy (non-hydrogen) atoms. The molecular formula is C13H19N3. The van der Waals surface area contributed by atoms with Crippen LogP contribution in [0.15, 0.2) is 18.5 Å². The zero-order valence-electron chi connectivity index (χ0n) is 9.60. The molecule has 3 rings (SSSR count). The summed E-state index contributed by atoms with van der Waals surface area (Å²) in [5.41, 5.74) is 0. The second-order valence-electron chi connectivity index (χ2n) is 5.05. The largest absolute Gasteiger partial charge is 0.304 e. The second kappa shape index (κ2) is 4.50. The van der Waals surface area contributed by atoms with E-state index in [0.717, 1.165) is 17.8 Å². The Morgan fingerprint density at radius 3 is 2.69 bits per heavy atom. The van der Waals surface area contributed by atoms with Gasteiger partial charge >= 0.3 is 0 Å². The molecule has 3 unspecified atom stereocenters. The van der Waals surface area contributed by atoms with E-state index in [2.05, 4.69) is 15.3 Å². The number of hydrogen-bond donors (Lipinski definition) is 1. The van der Waals surface area contributed by atoms with Gasteiger partial charge in [-0.2, -0.15) is 0 Å². The first-order valence-corrected chi connectivity index (χ1v) is 6.46. The van der Waals surface area contributed by atoms with Gasteiger partial charge in [-0.15, -0.1) is 0 Å². The van der Waals surface area contributed by atoms with E-state index in [0.29, 0.717) is 6.04 Å². The molecule has 3 heteroatoms. The van der Waals surface area contributed by atoms with Crippen LogP contribution in [0.25, 0.3) is 0 Å². The molecule has 0 amide bonds. The first-order chi connectivity index (χ1) is 7.93. The van der Waals surface area contributed by atoms with Gasteiger partial charge in [-0.3, -0.25) is 0 Å². The van der Waals surface area contributed by atoms with E-state index in [-0.39, 0.29) is 0 Å². The van der Waals surface area contributed by atoms with E-state index in [1.54, 1.807) is 0 Å². The molecule has 2 fully saturated rings. The Hall–Kier alpha value is -0.960. The maximum absolute atomic E-state index is 4.37. The van der Waals surface area contributed by atoms with Crippen molar-refractivity contribution in [3.63, 3.8) is 0 Å². The highest BCUT2D eigenvalue weighted by molar-refractivity contribution is 5.00. The van der Waals surface area contributed by atoms with Gasteiger partial charge in [0.1, 0.15) is 5.82 Å². The predicted octanol–water partition coefficient (Wildman–Crippen LogP) is 2.46. The first-order valence-electron chi connectivity index (χ1n) is 6.46. The normalized spacial score (nSPS) is 34.4. The van der Waals surface area contributed by atoms with Crippen molar-refractivity contribution in [3.8, 4) is 0 Å². The zero-order valence-corrected chi connectivity index (χ0v) is 9.60. The fraction of sp³-hybridized carbons (Fsp3) is 0.692. The molecule has 86 valence electrons. The Labute approximate surface area is 96.7 Å². The first kappa shape index (κ1) is 10.2. The van der Waals surface area contributed by atoms with Crippen molar-refractivity contribution in [1.82, 2.24) is 15.3 Å². The van der Waals surface area contributed by atoms with Crippen LogP contribution in [0.5, 0.6) is 0 Å². The van der Waals surface area contributed by atoms with E-state index in [9.17, 15) is 0 Å². The maximum atomic E-state index is 4.37. The quantitative estimate of drug-likeness (QED) is 0.785. The van der Waals surface area contributed by atoms with Crippen LogP contribution in [0, 0.1) is 5.92 Å². The van der Waals surface area contributed by atoms with Crippen LogP contribution < -0.4 is 5.32 Å². The summed E-state index contributed by atoms with van der Waals surface area (Å²) in [5, 5.41) is 3.75. The number of aromatic nitrogens is 2. The summed E-state index contributed by atoms with van der Waals surface area (Å²) in [7, 11) is 0. The van der Waals surface area contributed by atoms with Gasteiger partial charge in [0.25, 0.3) is 0 Å². The molecule has 2 heterocycles. The molecule has 2 aliphatic rings. The molecule has 1 aliphatic carbocycles. The Balaban J connectivity index is 1.71. The molecule has 0 aromatic carbocycles. The van der Waals surface area contributed by atoms with E-state index in [1.807, 2.05) is 18.5 Å². The molecule has 3 atom stereocenters. The van der Waals surface area contributed by atoms with Gasteiger partial charge in [-0.05, 0) is 37.7 Å². The van der Waals surface area contributed by atoms with Gasteiger partial charge < -0.3 is 5.32 Å². The highest BCUT2D eigenvalue weighted by atomic mass is 15.0. The molecule has 0 bridgehead atoms. The van der Waals surface area contributed by atoms with Gasteiger partial charge in [-0.25, -0.2) is 9.97 Å². The fourth-order valence-electron chi connectivity index (χ4n) is 3.19. The topological polar surface area (TPSA) is 37.8 Å². The SMILES string of the molecule is c1cnc(C2CCC3CCCCC3N2)nc1. The van der Waals surface area contributed by atoms with Gasteiger partial charge in [0.15, 0.2) is 0 Å². The lowest BCUT2D eigenvalue weighted by Crippen LogP contribution is -2.45. The molecule has 1 saturated carbocycles. The number of nitrogens with one attached hydrogen (secondary N) is 1. The van der Waals surface area contributed by atoms with Gasteiger partial charge in [-0.1, -0.05) is 12.8 Å². The van der Waals surface area contributed by atoms with Crippen molar-refractivity contribution in [3.05, 3.63) is 24.3 Å². The molecule has 1 aromatic rings. The van der Waals surface area contributed by atoms with Crippen molar-refractivity contribution < 1.29 is 0 Å². The molecule has 1 N–H and O–H groups in total. The average Bonchev–Trinajstić information content (AvgIpc) is 2.39. The summed E-state index contributed by atoms with van der Waals surface area (Å²) in [6.45, 7) is 0. The molecular weight excluding hydrogens is 198 g/mol. The third kappa shape index (κ3) is 1.96. The lowest BCUT2D eigenvalue weighted by molar-refractivity contribution is 0.173. The molecule has 0 radical (unpaired) electrons. The lowest BCUT2D eigenvalue weighted by atomic mass is 9.77. The van der Waals surface area contributed by atoms with Gasteiger partial charge in [0.05, 0.1) is 6.04 Å². The monoisotopic (exact) mass is 217 g/mol. The Bertz CT molecular complexity index is 338. The minimum atomic E-state index is 0.389. The Morgan fingerprint density at radius 1 is 1.00 bits per heavy atom. The van der Waals surface area contributed by atoms with E-state index < -0.39 is 0 Å². The maximum Gasteiger partial charge on any atom is 0.145 e. The summed E-state index contributed by atoms with van der Waals surface area (Å²) in [4.78, 5) is 8.73. The van der Waals surface area contributed by atoms with Crippen LogP contribution in [-0.4, -0.2) is 16.0 Å². The Morgan fingerprint density at radius 2 is 1.81 bits per heavy atom. The zero-order chi connectivity index (χ0) is 10.8. The minimum Gasteiger partial charge on any atom is -0.304 e. The second-order valence-corrected chi connectivity index (χ2v) is 5.05. The molecule has 1 aromatic heterocycles. The van der Waals surface area contributed by atoms with E-state index >= 15 is 0 Å². The number of nitrogens with zero attached hydrogens (tertiary/aromatic N) is 2. The summed E-state index contributed by atoms with van der Waals surface area (Å²) in [5.74, 6) is 1.89. The Kier molecular flexibility index (Phi) is 2.87. The number of hydrogen-bond acceptors (Lipinski definition) is 3. The summed E-state index contributed by atoms with van der Waals surface area (Å²) >= 11 is 0. The molecule has 3 nitrogen and oxygen atoms in total. The lowest BCUT2D eigenvalue weighted by Gasteiger charge is -2.39. The van der Waals surface area contributed by atoms with Gasteiger partial charge in [0, 0.05) is 18.4 Å². The summed E-state index contributed by atoms with van der Waals surface area (Å²) in [6.07, 6.45) is 11.8. The number of fused-ring (bicyclic) bond motifs is 1. The van der Waals surface area contributed by atoms with Crippen molar-refractivity contribution in [2.75, 3.05) is 0 Å². The number of piperidine rings is 1. The van der Waals surface area contributed by atoms with E-state index in [1.165, 1.54) is 38.5 Å². The molecule has 1 aliphatic heterocycles. The smallest absolute Gasteiger partial charge is 0.145 e. The van der Waals surface area contributed by atoms with Crippen LogP contribution in [0.4, 0.5) is 0 Å². The minimum absolute atomic E-state index is 0.389. The van der Waals surface area contributed by atoms with Gasteiger partial charge in [0.2, 0.25) is 0 Å². The van der Waals surface area contributed by atoms with Crippen LogP contribution in [-0.2, 0) is 0 Å². The third-order valence-electron chi connectivity index (χ3n) is 4.05. The standard InChI is InChI=1S/C13H19N3/c1-2-5-11-10(4-1)6-7-12(16-11)13-14-8-3-9-15-13/h3,8-12,16H,1-2,4-7H2. The third-order valence-corrected chi connectivity index (χ3v) is 4.05.